The van der Waals surface area contributed by atoms with Gasteiger partial charge in [0.1, 0.15) is 25.4 Å². The number of carbonyl (C=O) groups excluding carboxylic acids is 3. The minimum atomic E-state index is -4.94. The molecular formula is C87H152O16P2. The molecule has 18 heteroatoms. The van der Waals surface area contributed by atoms with Gasteiger partial charge < -0.3 is 34.2 Å². The third kappa shape index (κ3) is 80.8. The number of ether oxygens (including phenoxy) is 3. The first-order valence-corrected chi connectivity index (χ1v) is 44.8. The summed E-state index contributed by atoms with van der Waals surface area (Å²) in [6, 6.07) is 0. The van der Waals surface area contributed by atoms with Gasteiger partial charge in [-0.2, -0.15) is 0 Å². The highest BCUT2D eigenvalue weighted by Crippen LogP contribution is 2.45. The number of aliphatic hydroxyl groups excluding tert-OH is 2. The van der Waals surface area contributed by atoms with Crippen molar-refractivity contribution in [3.63, 3.8) is 0 Å². The van der Waals surface area contributed by atoms with E-state index in [-0.39, 0.29) is 19.3 Å². The van der Waals surface area contributed by atoms with Gasteiger partial charge in [-0.1, -0.05) is 322 Å². The fourth-order valence-corrected chi connectivity index (χ4v) is 12.9. The summed E-state index contributed by atoms with van der Waals surface area (Å²) in [6.45, 7) is 2.53. The number of carbonyl (C=O) groups is 3. The van der Waals surface area contributed by atoms with E-state index >= 15 is 0 Å². The van der Waals surface area contributed by atoms with Crippen LogP contribution in [0.4, 0.5) is 0 Å². The summed E-state index contributed by atoms with van der Waals surface area (Å²) in [5.74, 6) is -1.60. The predicted molar refractivity (Wildman–Crippen MR) is 436 cm³/mol. The Kier molecular flexibility index (Phi) is 76.4. The second-order valence-electron chi connectivity index (χ2n) is 27.9. The van der Waals surface area contributed by atoms with E-state index in [1.165, 1.54) is 154 Å². The lowest BCUT2D eigenvalue weighted by atomic mass is 10.0. The second-order valence-corrected chi connectivity index (χ2v) is 30.8. The third-order valence-electron chi connectivity index (χ3n) is 17.6. The molecule has 0 fully saturated rings. The van der Waals surface area contributed by atoms with Crippen molar-refractivity contribution in [1.29, 1.82) is 0 Å². The molecule has 16 nitrogen and oxygen atoms in total. The molecule has 0 saturated heterocycles. The molecule has 0 aromatic carbocycles. The van der Waals surface area contributed by atoms with E-state index in [4.69, 9.17) is 32.3 Å². The van der Waals surface area contributed by atoms with Crippen molar-refractivity contribution in [2.75, 3.05) is 39.6 Å². The van der Waals surface area contributed by atoms with Gasteiger partial charge in [-0.3, -0.25) is 32.5 Å². The van der Waals surface area contributed by atoms with Crippen LogP contribution < -0.4 is 0 Å². The number of hydrogen-bond donors (Lipinski definition) is 4. The van der Waals surface area contributed by atoms with Crippen LogP contribution in [0.1, 0.15) is 355 Å². The van der Waals surface area contributed by atoms with Crippen LogP contribution in [0.25, 0.3) is 0 Å². The fourth-order valence-electron chi connectivity index (χ4n) is 11.3. The first kappa shape index (κ1) is 101. The molecule has 0 aliphatic heterocycles. The molecule has 4 N–H and O–H groups in total. The van der Waals surface area contributed by atoms with Gasteiger partial charge in [0.2, 0.25) is 0 Å². The van der Waals surface area contributed by atoms with E-state index < -0.39 is 91.5 Å². The monoisotopic (exact) mass is 1520 g/mol. The van der Waals surface area contributed by atoms with Gasteiger partial charge in [0, 0.05) is 19.3 Å². The molecule has 0 aromatic heterocycles. The summed E-state index contributed by atoms with van der Waals surface area (Å²) in [7, 11) is -9.80. The third-order valence-corrected chi connectivity index (χ3v) is 19.5. The van der Waals surface area contributed by atoms with Crippen LogP contribution in [0.5, 0.6) is 0 Å². The molecule has 5 unspecified atom stereocenters. The minimum absolute atomic E-state index is 0.0890. The molecule has 0 bridgehead atoms. The van der Waals surface area contributed by atoms with Crippen molar-refractivity contribution in [3.05, 3.63) is 122 Å². The van der Waals surface area contributed by atoms with Gasteiger partial charge in [0.05, 0.1) is 26.4 Å². The zero-order chi connectivity index (χ0) is 76.6. The normalized spacial score (nSPS) is 14.5. The smallest absolute Gasteiger partial charge is 0.463 e. The van der Waals surface area contributed by atoms with E-state index in [9.17, 15) is 43.5 Å². The van der Waals surface area contributed by atoms with Crippen molar-refractivity contribution in [2.45, 2.75) is 373 Å². The molecule has 0 spiro atoms. The molecule has 105 heavy (non-hydrogen) atoms. The summed E-state index contributed by atoms with van der Waals surface area (Å²) in [6.07, 6.45) is 95.4. The van der Waals surface area contributed by atoms with E-state index in [1.807, 2.05) is 0 Å². The van der Waals surface area contributed by atoms with Crippen LogP contribution >= 0.6 is 15.6 Å². The van der Waals surface area contributed by atoms with Gasteiger partial charge in [0.25, 0.3) is 0 Å². The number of aliphatic hydroxyl groups is 2. The van der Waals surface area contributed by atoms with Crippen molar-refractivity contribution >= 4 is 33.6 Å². The first-order valence-electron chi connectivity index (χ1n) is 41.8. The number of allylic oxidation sites excluding steroid dienone is 20. The van der Waals surface area contributed by atoms with Crippen LogP contribution in [0, 0.1) is 0 Å². The number of hydrogen-bond acceptors (Lipinski definition) is 14. The quantitative estimate of drug-likeness (QED) is 0.0146. The van der Waals surface area contributed by atoms with Crippen LogP contribution in [0.3, 0.4) is 0 Å². The van der Waals surface area contributed by atoms with Crippen molar-refractivity contribution < 1.29 is 75.8 Å². The molecule has 0 saturated carbocycles. The van der Waals surface area contributed by atoms with Crippen molar-refractivity contribution in [2.24, 2.45) is 0 Å². The van der Waals surface area contributed by atoms with Gasteiger partial charge >= 0.3 is 33.6 Å². The van der Waals surface area contributed by atoms with Crippen molar-refractivity contribution in [3.8, 4) is 0 Å². The van der Waals surface area contributed by atoms with Crippen LogP contribution in [0.15, 0.2) is 122 Å². The Bertz CT molecular complexity index is 2390. The topological polar surface area (TPSA) is 231 Å². The molecule has 0 radical (unpaired) electrons. The van der Waals surface area contributed by atoms with E-state index in [0.29, 0.717) is 19.3 Å². The summed E-state index contributed by atoms with van der Waals surface area (Å²) < 4.78 is 61.2. The first-order chi connectivity index (χ1) is 51.2. The Hall–Kier alpha value is -4.05. The lowest BCUT2D eigenvalue weighted by Gasteiger charge is -2.21. The maximum absolute atomic E-state index is 13.0. The highest BCUT2D eigenvalue weighted by atomic mass is 31.2. The van der Waals surface area contributed by atoms with Gasteiger partial charge in [-0.05, 0) is 135 Å². The zero-order valence-corrected chi connectivity index (χ0v) is 68.2. The molecule has 0 aliphatic carbocycles. The summed E-state index contributed by atoms with van der Waals surface area (Å²) in [5, 5.41) is 20.7. The Morgan fingerprint density at radius 3 is 0.829 bits per heavy atom. The zero-order valence-electron chi connectivity index (χ0n) is 66.4. The van der Waals surface area contributed by atoms with Gasteiger partial charge in [-0.15, -0.1) is 0 Å². The molecule has 0 heterocycles. The number of phosphoric ester groups is 2. The number of esters is 3. The second kappa shape index (κ2) is 79.5. The maximum atomic E-state index is 13.0. The fraction of sp³-hybridized carbons (Fsp3) is 0.736. The van der Waals surface area contributed by atoms with Crippen LogP contribution in [0.2, 0.25) is 0 Å². The Morgan fingerprint density at radius 2 is 0.505 bits per heavy atom. The summed E-state index contributed by atoms with van der Waals surface area (Å²) >= 11 is 0. The van der Waals surface area contributed by atoms with Crippen LogP contribution in [-0.2, 0) is 55.8 Å². The van der Waals surface area contributed by atoms with Gasteiger partial charge in [-0.25, -0.2) is 9.13 Å². The van der Waals surface area contributed by atoms with Gasteiger partial charge in [0.15, 0.2) is 6.10 Å². The number of phosphoric acid groups is 2. The largest absolute Gasteiger partial charge is 0.472 e. The highest BCUT2D eigenvalue weighted by molar-refractivity contribution is 7.47. The Morgan fingerprint density at radius 1 is 0.276 bits per heavy atom. The highest BCUT2D eigenvalue weighted by Gasteiger charge is 2.29. The Labute approximate surface area is 640 Å². The number of unbranched alkanes of at least 4 members (excludes halogenated alkanes) is 36. The Balaban J connectivity index is 4.46. The molecule has 0 aromatic rings. The lowest BCUT2D eigenvalue weighted by Crippen LogP contribution is -2.30. The lowest BCUT2D eigenvalue weighted by molar-refractivity contribution is -0.161. The van der Waals surface area contributed by atoms with E-state index in [1.54, 1.807) is 0 Å². The molecule has 0 rings (SSSR count). The summed E-state index contributed by atoms with van der Waals surface area (Å²) in [4.78, 5) is 58.7. The molecule has 0 amide bonds. The van der Waals surface area contributed by atoms with E-state index in [2.05, 4.69) is 142 Å². The predicted octanol–water partition coefficient (Wildman–Crippen LogP) is 24.9. The average Bonchev–Trinajstić information content (AvgIpc) is 0.912. The molecule has 0 aliphatic rings. The average molecular weight is 1520 g/mol. The SMILES string of the molecule is CC/C=C\C/C=C\C/C=C\C/C=C\C/C=C\CCCCCCCC(=O)OCC(COP(=O)(O)OCC(O)COP(=O)(O)OCC(O)COC(=O)CCCCCCCCCCCCCCCCCCC/C=C\C/C=C\C/C=C\C/C=C\CCCCC)OC(=O)CCCCCCC/C=C\CCCCCCCC. The molecule has 5 atom stereocenters. The molecule has 606 valence electrons. The van der Waals surface area contributed by atoms with Crippen molar-refractivity contribution in [1.82, 2.24) is 0 Å². The molecular weight excluding hydrogens is 1360 g/mol. The maximum Gasteiger partial charge on any atom is 0.472 e. The standard InChI is InChI=1S/C87H152O16P2/c1-4-7-10-13-16-19-22-25-28-30-32-34-35-36-37-38-39-40-41-42-43-44-45-47-49-50-53-55-58-61-64-67-70-73-85(90)97-76-82(88)77-99-104(93,94)100-78-83(89)79-101-105(95,96)102-81-84(103-87(92)75-72-69-66-63-60-57-52-27-24-21-18-15-12-9-6-3)80-98-86(91)74-71-68-65-62-59-56-54-51-48-46-33-31-29-26-23-20-17-14-11-8-5-2/h8,11,16-17,19-20,25-29,32-34,36-37,46,51-52,54,82-84,88-89H,4-7,9-10,12-15,18,21-24,30-31,35,38-45,47-50,53,55-81H2,1-3H3,(H,93,94)(H,95,96)/b11-8-,19-16-,20-17-,28-25-,29-26-,34-32-,37-36-,46-33-,52-27-,54-51-. The minimum Gasteiger partial charge on any atom is -0.463 e. The van der Waals surface area contributed by atoms with E-state index in [0.717, 1.165) is 141 Å². The summed E-state index contributed by atoms with van der Waals surface area (Å²) in [5.41, 5.74) is 0. The number of rotatable bonds is 79. The van der Waals surface area contributed by atoms with Crippen LogP contribution in [-0.4, -0.2) is 95.9 Å².